The Bertz CT molecular complexity index is 255. The molecule has 12 heavy (non-hydrogen) atoms. The molecule has 0 bridgehead atoms. The Kier molecular flexibility index (Phi) is 2.99. The first kappa shape index (κ1) is 8.93. The van der Waals surface area contributed by atoms with E-state index in [0.29, 0.717) is 11.4 Å². The van der Waals surface area contributed by atoms with Crippen LogP contribution in [0.3, 0.4) is 0 Å². The van der Waals surface area contributed by atoms with Gasteiger partial charge in [-0.3, -0.25) is 0 Å². The molecule has 1 aromatic rings. The summed E-state index contributed by atoms with van der Waals surface area (Å²) in [5.74, 6) is 0.301. The van der Waals surface area contributed by atoms with E-state index in [1.54, 1.807) is 18.3 Å². The molecule has 0 fully saturated rings. The van der Waals surface area contributed by atoms with Crippen molar-refractivity contribution in [2.75, 3.05) is 13.7 Å². The third-order valence-corrected chi connectivity index (χ3v) is 1.54. The second-order valence-corrected chi connectivity index (χ2v) is 2.31. The van der Waals surface area contributed by atoms with Crippen molar-refractivity contribution in [3.05, 3.63) is 23.9 Å². The first-order valence-corrected chi connectivity index (χ1v) is 3.62. The standard InChI is InChI=1S/C8H11FN2O/c1-12-8-6(7(9)5-10)3-2-4-11-8/h2-4,7H,5,10H2,1H3. The van der Waals surface area contributed by atoms with Gasteiger partial charge in [-0.25, -0.2) is 9.37 Å². The lowest BCUT2D eigenvalue weighted by Crippen LogP contribution is -2.09. The van der Waals surface area contributed by atoms with Gasteiger partial charge in [0.25, 0.3) is 0 Å². The third kappa shape index (κ3) is 1.71. The summed E-state index contributed by atoms with van der Waals surface area (Å²) >= 11 is 0. The van der Waals surface area contributed by atoms with Crippen molar-refractivity contribution in [3.8, 4) is 5.88 Å². The summed E-state index contributed by atoms with van der Waals surface area (Å²) in [6.07, 6.45) is 0.347. The molecular formula is C8H11FN2O. The topological polar surface area (TPSA) is 48.1 Å². The lowest BCUT2D eigenvalue weighted by atomic mass is 10.2. The summed E-state index contributed by atoms with van der Waals surface area (Å²) in [7, 11) is 1.45. The van der Waals surface area contributed by atoms with Crippen LogP contribution in [0.5, 0.6) is 5.88 Å². The van der Waals surface area contributed by atoms with Crippen molar-refractivity contribution in [2.24, 2.45) is 5.73 Å². The maximum Gasteiger partial charge on any atom is 0.219 e. The number of hydrogen-bond acceptors (Lipinski definition) is 3. The van der Waals surface area contributed by atoms with E-state index in [0.717, 1.165) is 0 Å². The van der Waals surface area contributed by atoms with E-state index in [2.05, 4.69) is 4.98 Å². The Morgan fingerprint density at radius 1 is 1.75 bits per heavy atom. The molecule has 0 aromatic carbocycles. The average Bonchev–Trinajstić information content (AvgIpc) is 2.16. The molecule has 0 aliphatic rings. The number of nitrogens with two attached hydrogens (primary N) is 1. The zero-order valence-electron chi connectivity index (χ0n) is 6.83. The Hall–Kier alpha value is -1.16. The van der Waals surface area contributed by atoms with Gasteiger partial charge in [-0.2, -0.15) is 0 Å². The minimum absolute atomic E-state index is 0.0535. The molecule has 1 unspecified atom stereocenters. The van der Waals surface area contributed by atoms with E-state index in [-0.39, 0.29) is 6.54 Å². The first-order valence-electron chi connectivity index (χ1n) is 3.62. The van der Waals surface area contributed by atoms with Crippen LogP contribution in [0.1, 0.15) is 11.7 Å². The van der Waals surface area contributed by atoms with Gasteiger partial charge in [-0.1, -0.05) is 0 Å². The molecule has 66 valence electrons. The molecule has 0 amide bonds. The highest BCUT2D eigenvalue weighted by Gasteiger charge is 2.13. The van der Waals surface area contributed by atoms with Crippen LogP contribution in [0.4, 0.5) is 4.39 Å². The van der Waals surface area contributed by atoms with Gasteiger partial charge in [0, 0.05) is 18.3 Å². The molecule has 0 saturated heterocycles. The number of ether oxygens (including phenoxy) is 1. The van der Waals surface area contributed by atoms with Crippen molar-refractivity contribution in [2.45, 2.75) is 6.17 Å². The fourth-order valence-electron chi connectivity index (χ4n) is 0.939. The van der Waals surface area contributed by atoms with Gasteiger partial charge in [0.1, 0.15) is 6.17 Å². The highest BCUT2D eigenvalue weighted by Crippen LogP contribution is 2.23. The molecule has 0 aliphatic heterocycles. The maximum atomic E-state index is 13.1. The van der Waals surface area contributed by atoms with Crippen LogP contribution < -0.4 is 10.5 Å². The molecule has 1 aromatic heterocycles. The molecule has 0 saturated carbocycles. The van der Waals surface area contributed by atoms with E-state index in [1.807, 2.05) is 0 Å². The third-order valence-electron chi connectivity index (χ3n) is 1.54. The molecule has 1 rings (SSSR count). The summed E-state index contributed by atoms with van der Waals surface area (Å²) in [5, 5.41) is 0. The Labute approximate surface area is 70.4 Å². The molecule has 1 atom stereocenters. The largest absolute Gasteiger partial charge is 0.481 e. The molecule has 2 N–H and O–H groups in total. The average molecular weight is 170 g/mol. The van der Waals surface area contributed by atoms with Crippen LogP contribution in [0, 0.1) is 0 Å². The number of halogens is 1. The number of nitrogens with zero attached hydrogens (tertiary/aromatic N) is 1. The monoisotopic (exact) mass is 170 g/mol. The van der Waals surface area contributed by atoms with Gasteiger partial charge in [0.15, 0.2) is 0 Å². The van der Waals surface area contributed by atoms with Gasteiger partial charge in [-0.15, -0.1) is 0 Å². The van der Waals surface area contributed by atoms with Gasteiger partial charge in [-0.05, 0) is 12.1 Å². The summed E-state index contributed by atoms with van der Waals surface area (Å²) < 4.78 is 17.9. The Morgan fingerprint density at radius 3 is 3.08 bits per heavy atom. The van der Waals surface area contributed by atoms with Gasteiger partial charge < -0.3 is 10.5 Å². The number of methoxy groups -OCH3 is 1. The highest BCUT2D eigenvalue weighted by atomic mass is 19.1. The number of rotatable bonds is 3. The van der Waals surface area contributed by atoms with Gasteiger partial charge >= 0.3 is 0 Å². The number of aromatic nitrogens is 1. The zero-order valence-corrected chi connectivity index (χ0v) is 6.83. The molecule has 4 heteroatoms. The smallest absolute Gasteiger partial charge is 0.219 e. The lowest BCUT2D eigenvalue weighted by molar-refractivity contribution is 0.325. The number of hydrogen-bond donors (Lipinski definition) is 1. The van der Waals surface area contributed by atoms with Crippen LogP contribution in [0.15, 0.2) is 18.3 Å². The molecule has 1 heterocycles. The Morgan fingerprint density at radius 2 is 2.50 bits per heavy atom. The summed E-state index contributed by atoms with van der Waals surface area (Å²) in [6.45, 7) is -0.0535. The van der Waals surface area contributed by atoms with E-state index in [9.17, 15) is 4.39 Å². The summed E-state index contributed by atoms with van der Waals surface area (Å²) in [4.78, 5) is 3.85. The molecule has 0 radical (unpaired) electrons. The molecular weight excluding hydrogens is 159 g/mol. The van der Waals surface area contributed by atoms with Crippen LogP contribution in [0.25, 0.3) is 0 Å². The SMILES string of the molecule is COc1ncccc1C(F)CN. The number of pyridine rings is 1. The molecule has 0 aliphatic carbocycles. The van der Waals surface area contributed by atoms with E-state index < -0.39 is 6.17 Å². The quantitative estimate of drug-likeness (QED) is 0.737. The minimum atomic E-state index is -1.20. The Balaban J connectivity index is 2.96. The number of alkyl halides is 1. The summed E-state index contributed by atoms with van der Waals surface area (Å²) in [5.41, 5.74) is 5.57. The van der Waals surface area contributed by atoms with Crippen LogP contribution in [-0.4, -0.2) is 18.6 Å². The van der Waals surface area contributed by atoms with Gasteiger partial charge in [0.2, 0.25) is 5.88 Å². The zero-order chi connectivity index (χ0) is 8.97. The summed E-state index contributed by atoms with van der Waals surface area (Å²) in [6, 6.07) is 3.27. The lowest BCUT2D eigenvalue weighted by Gasteiger charge is -2.08. The van der Waals surface area contributed by atoms with Crippen LogP contribution in [0.2, 0.25) is 0 Å². The van der Waals surface area contributed by atoms with Gasteiger partial charge in [0.05, 0.1) is 7.11 Å². The van der Waals surface area contributed by atoms with Crippen molar-refractivity contribution in [3.63, 3.8) is 0 Å². The van der Waals surface area contributed by atoms with E-state index >= 15 is 0 Å². The van der Waals surface area contributed by atoms with E-state index in [4.69, 9.17) is 10.5 Å². The van der Waals surface area contributed by atoms with Crippen molar-refractivity contribution < 1.29 is 9.13 Å². The molecule has 0 spiro atoms. The van der Waals surface area contributed by atoms with Crippen molar-refractivity contribution in [1.29, 1.82) is 0 Å². The maximum absolute atomic E-state index is 13.1. The van der Waals surface area contributed by atoms with Crippen molar-refractivity contribution in [1.82, 2.24) is 4.98 Å². The normalized spacial score (nSPS) is 12.6. The van der Waals surface area contributed by atoms with E-state index in [1.165, 1.54) is 7.11 Å². The van der Waals surface area contributed by atoms with Crippen LogP contribution in [-0.2, 0) is 0 Å². The highest BCUT2D eigenvalue weighted by molar-refractivity contribution is 5.27. The fourth-order valence-corrected chi connectivity index (χ4v) is 0.939. The van der Waals surface area contributed by atoms with Crippen molar-refractivity contribution >= 4 is 0 Å². The predicted molar refractivity (Wildman–Crippen MR) is 43.7 cm³/mol. The predicted octanol–water partition coefficient (Wildman–Crippen LogP) is 1.06. The second-order valence-electron chi connectivity index (χ2n) is 2.31. The molecule has 3 nitrogen and oxygen atoms in total. The first-order chi connectivity index (χ1) is 5.79. The fraction of sp³-hybridized carbons (Fsp3) is 0.375. The van der Waals surface area contributed by atoms with Crippen LogP contribution >= 0.6 is 0 Å². The minimum Gasteiger partial charge on any atom is -0.481 e. The second kappa shape index (κ2) is 4.01.